The minimum atomic E-state index is -0.378. The third-order valence-corrected chi connectivity index (χ3v) is 3.27. The summed E-state index contributed by atoms with van der Waals surface area (Å²) in [6.45, 7) is 2.40. The Kier molecular flexibility index (Phi) is 5.74. The summed E-state index contributed by atoms with van der Waals surface area (Å²) in [5.74, 6) is -0.142. The molecule has 0 bridgehead atoms. The lowest BCUT2D eigenvalue weighted by atomic mass is 10.1. The van der Waals surface area contributed by atoms with Crippen molar-refractivity contribution in [2.75, 3.05) is 12.4 Å². The molecular weight excluding hydrogens is 292 g/mol. The molecule has 2 aromatic carbocycles. The van der Waals surface area contributed by atoms with Crippen LogP contribution in [0.2, 0.25) is 0 Å². The minimum Gasteiger partial charge on any atom is -0.495 e. The quantitative estimate of drug-likeness (QED) is 0.806. The van der Waals surface area contributed by atoms with Gasteiger partial charge in [-0.05, 0) is 24.6 Å². The zero-order chi connectivity index (χ0) is 16.7. The van der Waals surface area contributed by atoms with Crippen LogP contribution in [-0.4, -0.2) is 18.9 Å². The second-order valence-electron chi connectivity index (χ2n) is 5.19. The van der Waals surface area contributed by atoms with Crippen LogP contribution in [0.4, 0.5) is 5.69 Å². The van der Waals surface area contributed by atoms with Gasteiger partial charge in [0.25, 0.3) is 0 Å². The summed E-state index contributed by atoms with van der Waals surface area (Å²) in [6.07, 6.45) is -0.232. The number of rotatable bonds is 6. The second-order valence-corrected chi connectivity index (χ2v) is 5.19. The van der Waals surface area contributed by atoms with Crippen LogP contribution in [0, 0.1) is 6.92 Å². The Morgan fingerprint density at radius 2 is 1.83 bits per heavy atom. The van der Waals surface area contributed by atoms with E-state index in [1.165, 1.54) is 7.11 Å². The van der Waals surface area contributed by atoms with E-state index in [9.17, 15) is 9.59 Å². The number of carbonyl (C=O) groups excluding carboxylic acids is 2. The van der Waals surface area contributed by atoms with E-state index in [-0.39, 0.29) is 18.2 Å². The van der Waals surface area contributed by atoms with Crippen LogP contribution < -0.4 is 15.4 Å². The number of nitrogens with one attached hydrogen (secondary N) is 2. The molecule has 0 aromatic heterocycles. The van der Waals surface area contributed by atoms with Crippen LogP contribution in [0.1, 0.15) is 17.5 Å². The molecule has 2 aromatic rings. The number of para-hydroxylation sites is 2. The first-order valence-corrected chi connectivity index (χ1v) is 7.33. The molecule has 0 spiro atoms. The van der Waals surface area contributed by atoms with E-state index in [0.29, 0.717) is 18.0 Å². The van der Waals surface area contributed by atoms with E-state index >= 15 is 0 Å². The van der Waals surface area contributed by atoms with E-state index in [1.54, 1.807) is 18.2 Å². The molecule has 0 saturated heterocycles. The molecule has 2 N–H and O–H groups in total. The molecule has 0 heterocycles. The fourth-order valence-electron chi connectivity index (χ4n) is 2.17. The molecule has 5 heteroatoms. The van der Waals surface area contributed by atoms with Crippen LogP contribution in [0.15, 0.2) is 48.5 Å². The number of benzene rings is 2. The van der Waals surface area contributed by atoms with Crippen molar-refractivity contribution in [2.24, 2.45) is 0 Å². The lowest BCUT2D eigenvalue weighted by Crippen LogP contribution is -2.27. The van der Waals surface area contributed by atoms with Gasteiger partial charge in [0, 0.05) is 6.54 Å². The van der Waals surface area contributed by atoms with Crippen LogP contribution >= 0.6 is 0 Å². The maximum Gasteiger partial charge on any atom is 0.233 e. The van der Waals surface area contributed by atoms with Gasteiger partial charge in [0.1, 0.15) is 12.2 Å². The van der Waals surface area contributed by atoms with E-state index in [2.05, 4.69) is 10.6 Å². The number of carbonyl (C=O) groups is 2. The molecule has 0 saturated carbocycles. The Morgan fingerprint density at radius 1 is 1.04 bits per heavy atom. The van der Waals surface area contributed by atoms with Gasteiger partial charge in [0.05, 0.1) is 12.8 Å². The van der Waals surface area contributed by atoms with E-state index in [0.717, 1.165) is 11.1 Å². The molecule has 2 amide bonds. The van der Waals surface area contributed by atoms with Crippen molar-refractivity contribution in [3.63, 3.8) is 0 Å². The van der Waals surface area contributed by atoms with Gasteiger partial charge < -0.3 is 15.4 Å². The third kappa shape index (κ3) is 5.14. The van der Waals surface area contributed by atoms with Gasteiger partial charge in [0.2, 0.25) is 11.8 Å². The van der Waals surface area contributed by atoms with E-state index < -0.39 is 0 Å². The molecule has 0 unspecified atom stereocenters. The van der Waals surface area contributed by atoms with Gasteiger partial charge in [-0.15, -0.1) is 0 Å². The first-order valence-electron chi connectivity index (χ1n) is 7.33. The van der Waals surface area contributed by atoms with E-state index in [4.69, 9.17) is 4.74 Å². The highest BCUT2D eigenvalue weighted by Gasteiger charge is 2.11. The van der Waals surface area contributed by atoms with Crippen molar-refractivity contribution >= 4 is 17.5 Å². The summed E-state index contributed by atoms with van der Waals surface area (Å²) in [5, 5.41) is 5.42. The highest BCUT2D eigenvalue weighted by Crippen LogP contribution is 2.22. The number of hydrogen-bond donors (Lipinski definition) is 2. The largest absolute Gasteiger partial charge is 0.495 e. The topological polar surface area (TPSA) is 67.4 Å². The first kappa shape index (κ1) is 16.5. The summed E-state index contributed by atoms with van der Waals surface area (Å²) >= 11 is 0. The van der Waals surface area contributed by atoms with Crippen LogP contribution in [-0.2, 0) is 16.1 Å². The van der Waals surface area contributed by atoms with Crippen molar-refractivity contribution in [2.45, 2.75) is 19.9 Å². The number of aryl methyl sites for hydroxylation is 1. The summed E-state index contributed by atoms with van der Waals surface area (Å²) in [5.41, 5.74) is 2.68. The van der Waals surface area contributed by atoms with Crippen molar-refractivity contribution < 1.29 is 14.3 Å². The van der Waals surface area contributed by atoms with Gasteiger partial charge in [0.15, 0.2) is 0 Å². The summed E-state index contributed by atoms with van der Waals surface area (Å²) in [7, 11) is 1.53. The van der Waals surface area contributed by atoms with Gasteiger partial charge in [-0.3, -0.25) is 9.59 Å². The fraction of sp³-hybridized carbons (Fsp3) is 0.222. The van der Waals surface area contributed by atoms with Crippen LogP contribution in [0.25, 0.3) is 0 Å². The van der Waals surface area contributed by atoms with Crippen molar-refractivity contribution in [3.05, 3.63) is 59.7 Å². The predicted octanol–water partition coefficient (Wildman–Crippen LogP) is 2.65. The molecule has 0 radical (unpaired) electrons. The molecule has 0 fully saturated rings. The van der Waals surface area contributed by atoms with Gasteiger partial charge in [-0.2, -0.15) is 0 Å². The third-order valence-electron chi connectivity index (χ3n) is 3.27. The highest BCUT2D eigenvalue weighted by molar-refractivity contribution is 6.04. The molecule has 0 aliphatic heterocycles. The first-order chi connectivity index (χ1) is 11.1. The molecule has 120 valence electrons. The lowest BCUT2D eigenvalue weighted by Gasteiger charge is -2.10. The number of hydrogen-bond acceptors (Lipinski definition) is 3. The summed E-state index contributed by atoms with van der Waals surface area (Å²) in [4.78, 5) is 23.8. The molecule has 2 rings (SSSR count). The van der Waals surface area contributed by atoms with Crippen molar-refractivity contribution in [1.29, 1.82) is 0 Å². The molecular formula is C18H20N2O3. The maximum atomic E-state index is 11.9. The smallest absolute Gasteiger partial charge is 0.233 e. The monoisotopic (exact) mass is 312 g/mol. The standard InChI is InChI=1S/C18H20N2O3/c1-13-6-5-7-14(10-13)12-19-17(21)11-18(22)20-15-8-3-4-9-16(15)23-2/h3-10H,11-12H2,1-2H3,(H,19,21)(H,20,22). The zero-order valence-corrected chi connectivity index (χ0v) is 13.3. The molecule has 5 nitrogen and oxygen atoms in total. The number of ether oxygens (including phenoxy) is 1. The maximum absolute atomic E-state index is 11.9. The Labute approximate surface area is 135 Å². The summed E-state index contributed by atoms with van der Waals surface area (Å²) < 4.78 is 5.15. The Balaban J connectivity index is 1.84. The van der Waals surface area contributed by atoms with Gasteiger partial charge in [-0.1, -0.05) is 42.0 Å². The molecule has 0 aliphatic carbocycles. The van der Waals surface area contributed by atoms with Crippen molar-refractivity contribution in [1.82, 2.24) is 5.32 Å². The van der Waals surface area contributed by atoms with Crippen LogP contribution in [0.5, 0.6) is 5.75 Å². The molecule has 23 heavy (non-hydrogen) atoms. The van der Waals surface area contributed by atoms with Gasteiger partial charge >= 0.3 is 0 Å². The number of methoxy groups -OCH3 is 1. The lowest BCUT2D eigenvalue weighted by molar-refractivity contribution is -0.126. The van der Waals surface area contributed by atoms with Crippen LogP contribution in [0.3, 0.4) is 0 Å². The Bertz CT molecular complexity index is 698. The number of anilines is 1. The van der Waals surface area contributed by atoms with Crippen molar-refractivity contribution in [3.8, 4) is 5.75 Å². The Hall–Kier alpha value is -2.82. The Morgan fingerprint density at radius 3 is 2.57 bits per heavy atom. The predicted molar refractivity (Wildman–Crippen MR) is 89.3 cm³/mol. The average molecular weight is 312 g/mol. The minimum absolute atomic E-state index is 0.232. The number of amides is 2. The molecule has 0 atom stereocenters. The average Bonchev–Trinajstić information content (AvgIpc) is 2.53. The van der Waals surface area contributed by atoms with Gasteiger partial charge in [-0.25, -0.2) is 0 Å². The summed E-state index contributed by atoms with van der Waals surface area (Å²) in [6, 6.07) is 14.9. The SMILES string of the molecule is COc1ccccc1NC(=O)CC(=O)NCc1cccc(C)c1. The highest BCUT2D eigenvalue weighted by atomic mass is 16.5. The molecule has 0 aliphatic rings. The second kappa shape index (κ2) is 7.98. The zero-order valence-electron chi connectivity index (χ0n) is 13.3. The van der Waals surface area contributed by atoms with E-state index in [1.807, 2.05) is 37.3 Å². The normalized spacial score (nSPS) is 10.0. The fourth-order valence-corrected chi connectivity index (χ4v) is 2.17.